The second-order valence-electron chi connectivity index (χ2n) is 3.83. The molecule has 6 nitrogen and oxygen atoms in total. The number of hydrogen-bond acceptors (Lipinski definition) is 5. The monoisotopic (exact) mass is 282 g/mol. The summed E-state index contributed by atoms with van der Waals surface area (Å²) in [4.78, 5) is 32.7. The third-order valence-electron chi connectivity index (χ3n) is 2.26. The highest BCUT2D eigenvalue weighted by molar-refractivity contribution is 5.85. The summed E-state index contributed by atoms with van der Waals surface area (Å²) in [6, 6.07) is 0. The zero-order chi connectivity index (χ0) is 15.5. The van der Waals surface area contributed by atoms with Crippen LogP contribution in [-0.2, 0) is 23.9 Å². The normalized spacial score (nSPS) is 10.8. The van der Waals surface area contributed by atoms with Crippen LogP contribution in [-0.4, -0.2) is 29.3 Å². The first-order chi connectivity index (χ1) is 9.40. The highest BCUT2D eigenvalue weighted by Crippen LogP contribution is 2.10. The maximum absolute atomic E-state index is 11.1. The highest BCUT2D eigenvalue weighted by atomic mass is 16.7. The summed E-state index contributed by atoms with van der Waals surface area (Å²) in [6.07, 6.45) is 3.64. The van der Waals surface area contributed by atoms with Gasteiger partial charge in [0.25, 0.3) is 0 Å². The standard InChI is InChI=1S/C14H18O6/c1-4-11(15)19-13(20-12(16)5-2)9-7-6-8-10(3)14(17)18/h4-5,8,13H,1-2,6-7,9H2,3H3,(H,17,18). The fourth-order valence-electron chi connectivity index (χ4n) is 1.19. The number of aliphatic carboxylic acids is 1. The van der Waals surface area contributed by atoms with Crippen molar-refractivity contribution in [2.45, 2.75) is 32.5 Å². The molecule has 0 spiro atoms. The molecule has 0 amide bonds. The fourth-order valence-corrected chi connectivity index (χ4v) is 1.19. The average Bonchev–Trinajstić information content (AvgIpc) is 2.42. The molecular weight excluding hydrogens is 264 g/mol. The largest absolute Gasteiger partial charge is 0.478 e. The fraction of sp³-hybridized carbons (Fsp3) is 0.357. The van der Waals surface area contributed by atoms with Crippen molar-refractivity contribution in [3.05, 3.63) is 37.0 Å². The van der Waals surface area contributed by atoms with Gasteiger partial charge in [0.1, 0.15) is 0 Å². The quantitative estimate of drug-likeness (QED) is 0.301. The lowest BCUT2D eigenvalue weighted by Crippen LogP contribution is -2.23. The molecule has 110 valence electrons. The molecule has 0 aliphatic rings. The van der Waals surface area contributed by atoms with Gasteiger partial charge in [0, 0.05) is 24.1 Å². The van der Waals surface area contributed by atoms with Gasteiger partial charge in [-0.1, -0.05) is 19.2 Å². The van der Waals surface area contributed by atoms with Crippen LogP contribution in [0.5, 0.6) is 0 Å². The Kier molecular flexibility index (Phi) is 8.41. The Hall–Kier alpha value is -2.37. The molecule has 0 unspecified atom stereocenters. The third kappa shape index (κ3) is 7.86. The van der Waals surface area contributed by atoms with Crippen molar-refractivity contribution < 1.29 is 29.0 Å². The molecule has 0 aliphatic heterocycles. The lowest BCUT2D eigenvalue weighted by molar-refractivity contribution is -0.181. The van der Waals surface area contributed by atoms with E-state index in [1.807, 2.05) is 0 Å². The van der Waals surface area contributed by atoms with E-state index in [9.17, 15) is 14.4 Å². The molecule has 20 heavy (non-hydrogen) atoms. The molecule has 6 heteroatoms. The van der Waals surface area contributed by atoms with Crippen LogP contribution >= 0.6 is 0 Å². The summed E-state index contributed by atoms with van der Waals surface area (Å²) >= 11 is 0. The van der Waals surface area contributed by atoms with Gasteiger partial charge in [-0.25, -0.2) is 14.4 Å². The molecule has 0 heterocycles. The first kappa shape index (κ1) is 17.6. The molecule has 0 fully saturated rings. The molecule has 0 radical (unpaired) electrons. The van der Waals surface area contributed by atoms with E-state index in [4.69, 9.17) is 14.6 Å². The van der Waals surface area contributed by atoms with E-state index in [0.717, 1.165) is 12.2 Å². The van der Waals surface area contributed by atoms with Gasteiger partial charge < -0.3 is 14.6 Å². The van der Waals surface area contributed by atoms with Gasteiger partial charge in [0.2, 0.25) is 6.29 Å². The molecule has 0 saturated carbocycles. The Morgan fingerprint density at radius 2 is 1.65 bits per heavy atom. The number of carbonyl (C=O) groups is 3. The van der Waals surface area contributed by atoms with Crippen molar-refractivity contribution >= 4 is 17.9 Å². The highest BCUT2D eigenvalue weighted by Gasteiger charge is 2.15. The summed E-state index contributed by atoms with van der Waals surface area (Å²) in [6.45, 7) is 7.97. The minimum absolute atomic E-state index is 0.229. The van der Waals surface area contributed by atoms with Crippen LogP contribution in [0.25, 0.3) is 0 Å². The van der Waals surface area contributed by atoms with E-state index in [1.54, 1.807) is 6.08 Å². The Balaban J connectivity index is 4.35. The molecule has 0 atom stereocenters. The van der Waals surface area contributed by atoms with Crippen LogP contribution in [0.2, 0.25) is 0 Å². The van der Waals surface area contributed by atoms with Crippen LogP contribution in [0.15, 0.2) is 37.0 Å². The molecule has 0 bridgehead atoms. The maximum Gasteiger partial charge on any atom is 0.333 e. The number of carboxylic acid groups (broad SMARTS) is 1. The zero-order valence-electron chi connectivity index (χ0n) is 11.3. The number of rotatable bonds is 9. The van der Waals surface area contributed by atoms with Gasteiger partial charge in [-0.3, -0.25) is 0 Å². The Morgan fingerprint density at radius 3 is 2.05 bits per heavy atom. The Labute approximate surface area is 117 Å². The number of unbranched alkanes of at least 4 members (excludes halogenated alkanes) is 1. The summed E-state index contributed by atoms with van der Waals surface area (Å²) in [7, 11) is 0. The molecule has 1 N–H and O–H groups in total. The van der Waals surface area contributed by atoms with Crippen molar-refractivity contribution in [1.82, 2.24) is 0 Å². The average molecular weight is 282 g/mol. The summed E-state index contributed by atoms with van der Waals surface area (Å²) in [5.41, 5.74) is 0.229. The van der Waals surface area contributed by atoms with Crippen LogP contribution < -0.4 is 0 Å². The second-order valence-corrected chi connectivity index (χ2v) is 3.83. The van der Waals surface area contributed by atoms with E-state index in [0.29, 0.717) is 12.8 Å². The van der Waals surface area contributed by atoms with E-state index >= 15 is 0 Å². The number of carboxylic acids is 1. The van der Waals surface area contributed by atoms with Gasteiger partial charge in [0.05, 0.1) is 0 Å². The minimum atomic E-state index is -1.04. The Morgan fingerprint density at radius 1 is 1.15 bits per heavy atom. The van der Waals surface area contributed by atoms with E-state index in [2.05, 4.69) is 13.2 Å². The van der Waals surface area contributed by atoms with Gasteiger partial charge in [-0.05, 0) is 19.8 Å². The van der Waals surface area contributed by atoms with Gasteiger partial charge >= 0.3 is 17.9 Å². The molecule has 0 aliphatic carbocycles. The summed E-state index contributed by atoms with van der Waals surface area (Å²) in [5.74, 6) is -2.40. The van der Waals surface area contributed by atoms with Crippen LogP contribution in [0.1, 0.15) is 26.2 Å². The van der Waals surface area contributed by atoms with Crippen molar-refractivity contribution in [2.75, 3.05) is 0 Å². The number of esters is 2. The Bertz CT molecular complexity index is 399. The second kappa shape index (κ2) is 9.55. The SMILES string of the molecule is C=CC(=O)OC(CCCC=C(C)C(=O)O)OC(=O)C=C. The first-order valence-corrected chi connectivity index (χ1v) is 5.96. The van der Waals surface area contributed by atoms with E-state index in [1.165, 1.54) is 6.92 Å². The number of hydrogen-bond donors (Lipinski definition) is 1. The molecule has 0 saturated heterocycles. The van der Waals surface area contributed by atoms with Crippen molar-refractivity contribution in [2.24, 2.45) is 0 Å². The molecular formula is C14H18O6. The molecule has 0 aromatic carbocycles. The van der Waals surface area contributed by atoms with E-state index in [-0.39, 0.29) is 12.0 Å². The van der Waals surface area contributed by atoms with Crippen molar-refractivity contribution in [3.8, 4) is 0 Å². The van der Waals surface area contributed by atoms with Gasteiger partial charge in [0.15, 0.2) is 0 Å². The van der Waals surface area contributed by atoms with Crippen LogP contribution in [0, 0.1) is 0 Å². The van der Waals surface area contributed by atoms with Gasteiger partial charge in [-0.15, -0.1) is 0 Å². The topological polar surface area (TPSA) is 89.9 Å². The van der Waals surface area contributed by atoms with Crippen molar-refractivity contribution in [3.63, 3.8) is 0 Å². The first-order valence-electron chi connectivity index (χ1n) is 5.96. The van der Waals surface area contributed by atoms with Crippen LogP contribution in [0.3, 0.4) is 0 Å². The third-order valence-corrected chi connectivity index (χ3v) is 2.26. The zero-order valence-corrected chi connectivity index (χ0v) is 11.3. The van der Waals surface area contributed by atoms with E-state index < -0.39 is 24.2 Å². The van der Waals surface area contributed by atoms with Crippen molar-refractivity contribution in [1.29, 1.82) is 0 Å². The maximum atomic E-state index is 11.1. The van der Waals surface area contributed by atoms with Crippen LogP contribution in [0.4, 0.5) is 0 Å². The molecule has 0 aromatic heterocycles. The lowest BCUT2D eigenvalue weighted by Gasteiger charge is -2.16. The predicted octanol–water partition coefficient (Wildman–Crippen LogP) is 1.97. The summed E-state index contributed by atoms with van der Waals surface area (Å²) in [5, 5.41) is 8.66. The smallest absolute Gasteiger partial charge is 0.333 e. The number of carbonyl (C=O) groups excluding carboxylic acids is 2. The number of allylic oxidation sites excluding steroid dienone is 1. The molecule has 0 rings (SSSR count). The molecule has 0 aromatic rings. The summed E-state index contributed by atoms with van der Waals surface area (Å²) < 4.78 is 9.68. The lowest BCUT2D eigenvalue weighted by atomic mass is 10.2. The van der Waals surface area contributed by atoms with Gasteiger partial charge in [-0.2, -0.15) is 0 Å². The predicted molar refractivity (Wildman–Crippen MR) is 71.6 cm³/mol. The minimum Gasteiger partial charge on any atom is -0.478 e. The number of ether oxygens (including phenoxy) is 2.